The number of hydrogen-bond acceptors (Lipinski definition) is 5. The van der Waals surface area contributed by atoms with Crippen LogP contribution < -0.4 is 0 Å². The number of carboxylic acid groups (broad SMARTS) is 1. The fourth-order valence-electron chi connectivity index (χ4n) is 3.30. The zero-order valence-electron chi connectivity index (χ0n) is 11.9. The van der Waals surface area contributed by atoms with Gasteiger partial charge >= 0.3 is 5.97 Å². The van der Waals surface area contributed by atoms with E-state index in [1.54, 1.807) is 16.7 Å². The monoisotopic (exact) mass is 315 g/mol. The predicted octanol–water partition coefficient (Wildman–Crippen LogP) is 0.947. The van der Waals surface area contributed by atoms with Crippen LogP contribution in [-0.2, 0) is 19.1 Å². The van der Waals surface area contributed by atoms with E-state index in [0.717, 1.165) is 19.3 Å². The summed E-state index contributed by atoms with van der Waals surface area (Å²) in [6.07, 6.45) is 2.90. The Bertz CT molecular complexity index is 406. The summed E-state index contributed by atoms with van der Waals surface area (Å²) < 4.78 is 10.8. The molecule has 0 aromatic carbocycles. The third-order valence-electron chi connectivity index (χ3n) is 4.45. The first kappa shape index (κ1) is 15.1. The summed E-state index contributed by atoms with van der Waals surface area (Å²) in [5.41, 5.74) is 0. The molecule has 0 radical (unpaired) electrons. The van der Waals surface area contributed by atoms with Crippen molar-refractivity contribution >= 4 is 23.6 Å². The molecule has 0 aromatic rings. The molecule has 3 aliphatic rings. The van der Waals surface area contributed by atoms with Crippen LogP contribution in [0.15, 0.2) is 0 Å². The zero-order chi connectivity index (χ0) is 14.8. The van der Waals surface area contributed by atoms with Crippen LogP contribution in [0, 0.1) is 5.92 Å². The highest BCUT2D eigenvalue weighted by Crippen LogP contribution is 2.39. The fraction of sp³-hybridized carbons (Fsp3) is 0.857. The van der Waals surface area contributed by atoms with Crippen molar-refractivity contribution < 1.29 is 24.2 Å². The van der Waals surface area contributed by atoms with Crippen molar-refractivity contribution in [2.24, 2.45) is 5.92 Å². The molecule has 3 saturated heterocycles. The van der Waals surface area contributed by atoms with Crippen molar-refractivity contribution in [1.29, 1.82) is 0 Å². The molecule has 0 spiro atoms. The lowest BCUT2D eigenvalue weighted by Crippen LogP contribution is -2.52. The van der Waals surface area contributed by atoms with Gasteiger partial charge in [-0.05, 0) is 31.6 Å². The molecule has 0 aliphatic carbocycles. The number of amides is 1. The number of aliphatic carboxylic acids is 1. The normalized spacial score (nSPS) is 34.3. The Morgan fingerprint density at radius 2 is 1.90 bits per heavy atom. The van der Waals surface area contributed by atoms with Gasteiger partial charge in [-0.2, -0.15) is 0 Å². The number of nitrogens with zero attached hydrogens (tertiary/aromatic N) is 1. The largest absolute Gasteiger partial charge is 0.480 e. The van der Waals surface area contributed by atoms with Crippen molar-refractivity contribution in [1.82, 2.24) is 4.90 Å². The van der Waals surface area contributed by atoms with Gasteiger partial charge in [0.25, 0.3) is 5.91 Å². The third-order valence-corrected chi connectivity index (χ3v) is 5.91. The van der Waals surface area contributed by atoms with Crippen LogP contribution in [0.4, 0.5) is 0 Å². The molecule has 1 amide bonds. The second kappa shape index (κ2) is 6.54. The molecule has 0 saturated carbocycles. The summed E-state index contributed by atoms with van der Waals surface area (Å²) in [7, 11) is 0. The Kier molecular flexibility index (Phi) is 4.71. The van der Waals surface area contributed by atoms with Gasteiger partial charge in [-0.1, -0.05) is 0 Å². The summed E-state index contributed by atoms with van der Waals surface area (Å²) in [5.74, 6) is -0.265. The Hall–Kier alpha value is -0.790. The molecule has 6 nitrogen and oxygen atoms in total. The SMILES string of the molecule is O=C(O)C1CSC(C2CCOCC2)N1C(=O)C1CCCO1. The lowest BCUT2D eigenvalue weighted by molar-refractivity contribution is -0.154. The zero-order valence-corrected chi connectivity index (χ0v) is 12.7. The minimum Gasteiger partial charge on any atom is -0.480 e. The molecule has 0 bridgehead atoms. The number of ether oxygens (including phenoxy) is 2. The van der Waals surface area contributed by atoms with E-state index in [2.05, 4.69) is 0 Å². The van der Waals surface area contributed by atoms with E-state index in [9.17, 15) is 14.7 Å². The van der Waals surface area contributed by atoms with E-state index in [1.807, 2.05) is 0 Å². The summed E-state index contributed by atoms with van der Waals surface area (Å²) in [4.78, 5) is 25.8. The lowest BCUT2D eigenvalue weighted by Gasteiger charge is -2.35. The first-order valence-electron chi connectivity index (χ1n) is 7.54. The number of hydrogen-bond donors (Lipinski definition) is 1. The van der Waals surface area contributed by atoms with Crippen LogP contribution in [-0.4, -0.2) is 65.0 Å². The topological polar surface area (TPSA) is 76.1 Å². The number of carboxylic acids is 1. The van der Waals surface area contributed by atoms with E-state index in [-0.39, 0.29) is 11.3 Å². The minimum absolute atomic E-state index is 0.0494. The van der Waals surface area contributed by atoms with Crippen LogP contribution in [0.1, 0.15) is 25.7 Å². The van der Waals surface area contributed by atoms with Gasteiger partial charge < -0.3 is 19.5 Å². The van der Waals surface area contributed by atoms with E-state index >= 15 is 0 Å². The lowest BCUT2D eigenvalue weighted by atomic mass is 9.98. The second-order valence-electron chi connectivity index (χ2n) is 5.77. The summed E-state index contributed by atoms with van der Waals surface area (Å²) in [5, 5.41) is 9.37. The van der Waals surface area contributed by atoms with Crippen LogP contribution >= 0.6 is 11.8 Å². The molecule has 7 heteroatoms. The highest BCUT2D eigenvalue weighted by atomic mass is 32.2. The first-order chi connectivity index (χ1) is 10.2. The van der Waals surface area contributed by atoms with Gasteiger partial charge in [-0.15, -0.1) is 11.8 Å². The Balaban J connectivity index is 1.77. The van der Waals surface area contributed by atoms with Crippen LogP contribution in [0.5, 0.6) is 0 Å². The smallest absolute Gasteiger partial charge is 0.327 e. The molecule has 3 unspecified atom stereocenters. The van der Waals surface area contributed by atoms with Gasteiger partial charge in [-0.3, -0.25) is 4.79 Å². The number of thioether (sulfide) groups is 1. The van der Waals surface area contributed by atoms with E-state index in [0.29, 0.717) is 37.9 Å². The molecule has 3 fully saturated rings. The minimum atomic E-state index is -0.914. The highest BCUT2D eigenvalue weighted by molar-refractivity contribution is 8.00. The molecule has 3 heterocycles. The molecular formula is C14H21NO5S. The second-order valence-corrected chi connectivity index (χ2v) is 6.92. The van der Waals surface area contributed by atoms with Gasteiger partial charge in [-0.25, -0.2) is 4.79 Å². The number of carbonyl (C=O) groups is 2. The summed E-state index contributed by atoms with van der Waals surface area (Å²) >= 11 is 1.59. The standard InChI is InChI=1S/C14H21NO5S/c16-12(11-2-1-5-20-11)15-10(14(17)18)8-21-13(15)9-3-6-19-7-4-9/h9-11,13H,1-8H2,(H,17,18). The molecule has 1 N–H and O–H groups in total. The average Bonchev–Trinajstić information content (AvgIpc) is 3.17. The maximum Gasteiger partial charge on any atom is 0.327 e. The fourth-order valence-corrected chi connectivity index (χ4v) is 4.94. The van der Waals surface area contributed by atoms with Crippen molar-refractivity contribution in [3.8, 4) is 0 Å². The predicted molar refractivity (Wildman–Crippen MR) is 77.0 cm³/mol. The molecule has 118 valence electrons. The van der Waals surface area contributed by atoms with Gasteiger partial charge in [0.2, 0.25) is 0 Å². The third kappa shape index (κ3) is 3.05. The van der Waals surface area contributed by atoms with E-state index in [4.69, 9.17) is 9.47 Å². The molecule has 3 atom stereocenters. The first-order valence-corrected chi connectivity index (χ1v) is 8.59. The number of carbonyl (C=O) groups excluding carboxylic acids is 1. The molecule has 21 heavy (non-hydrogen) atoms. The molecular weight excluding hydrogens is 294 g/mol. The molecule has 3 rings (SSSR count). The highest BCUT2D eigenvalue weighted by Gasteiger charge is 2.47. The summed E-state index contributed by atoms with van der Waals surface area (Å²) in [6, 6.07) is -0.723. The van der Waals surface area contributed by atoms with Crippen LogP contribution in [0.25, 0.3) is 0 Å². The van der Waals surface area contributed by atoms with Crippen molar-refractivity contribution in [3.05, 3.63) is 0 Å². The van der Waals surface area contributed by atoms with E-state index < -0.39 is 18.1 Å². The van der Waals surface area contributed by atoms with Crippen LogP contribution in [0.2, 0.25) is 0 Å². The van der Waals surface area contributed by atoms with Crippen molar-refractivity contribution in [2.45, 2.75) is 43.2 Å². The van der Waals surface area contributed by atoms with Gasteiger partial charge in [0, 0.05) is 25.6 Å². The van der Waals surface area contributed by atoms with Crippen LogP contribution in [0.3, 0.4) is 0 Å². The van der Waals surface area contributed by atoms with Crippen molar-refractivity contribution in [2.75, 3.05) is 25.6 Å². The van der Waals surface area contributed by atoms with Gasteiger partial charge in [0.1, 0.15) is 12.1 Å². The molecule has 3 aliphatic heterocycles. The summed E-state index contributed by atoms with van der Waals surface area (Å²) in [6.45, 7) is 1.99. The average molecular weight is 315 g/mol. The Morgan fingerprint density at radius 1 is 1.14 bits per heavy atom. The number of rotatable bonds is 3. The Labute approximate surface area is 128 Å². The maximum absolute atomic E-state index is 12.7. The van der Waals surface area contributed by atoms with Crippen molar-refractivity contribution in [3.63, 3.8) is 0 Å². The maximum atomic E-state index is 12.7. The Morgan fingerprint density at radius 3 is 2.52 bits per heavy atom. The van der Waals surface area contributed by atoms with E-state index in [1.165, 1.54) is 0 Å². The van der Waals surface area contributed by atoms with Gasteiger partial charge in [0.15, 0.2) is 0 Å². The quantitative estimate of drug-likeness (QED) is 0.835. The van der Waals surface area contributed by atoms with Gasteiger partial charge in [0.05, 0.1) is 5.37 Å². The molecule has 0 aromatic heterocycles.